The zero-order chi connectivity index (χ0) is 12.3. The lowest BCUT2D eigenvalue weighted by molar-refractivity contribution is 0.325. The van der Waals surface area contributed by atoms with E-state index in [-0.39, 0.29) is 0 Å². The van der Waals surface area contributed by atoms with Crippen molar-refractivity contribution in [2.75, 3.05) is 13.1 Å². The average Bonchev–Trinajstić information content (AvgIpc) is 2.85. The van der Waals surface area contributed by atoms with Crippen molar-refractivity contribution >= 4 is 17.3 Å². The van der Waals surface area contributed by atoms with Gasteiger partial charge in [-0.15, -0.1) is 11.3 Å². The summed E-state index contributed by atoms with van der Waals surface area (Å²) >= 11 is 1.90. The summed E-state index contributed by atoms with van der Waals surface area (Å²) in [6.07, 6.45) is 1.18. The maximum Gasteiger partial charge on any atom is 0.194 e. The first-order chi connectivity index (χ1) is 8.75. The number of guanidine groups is 1. The minimum absolute atomic E-state index is 0.506. The molecule has 96 valence electrons. The van der Waals surface area contributed by atoms with Crippen LogP contribution in [0.2, 0.25) is 0 Å². The van der Waals surface area contributed by atoms with Gasteiger partial charge in [0.15, 0.2) is 5.96 Å². The molecule has 2 unspecified atom stereocenters. The quantitative estimate of drug-likeness (QED) is 0.840. The molecule has 4 rings (SSSR count). The fourth-order valence-corrected chi connectivity index (χ4v) is 4.24. The molecular weight excluding hydrogens is 242 g/mol. The molecule has 0 radical (unpaired) electrons. The Morgan fingerprint density at radius 1 is 1.39 bits per heavy atom. The molecule has 0 spiro atoms. The number of rotatable bonds is 1. The van der Waals surface area contributed by atoms with E-state index in [2.05, 4.69) is 35.5 Å². The van der Waals surface area contributed by atoms with Gasteiger partial charge in [0.05, 0.1) is 12.6 Å². The highest BCUT2D eigenvalue weighted by Gasteiger charge is 2.45. The number of hydrogen-bond donors (Lipinski definition) is 1. The van der Waals surface area contributed by atoms with E-state index in [0.29, 0.717) is 12.1 Å². The minimum Gasteiger partial charge on any atom is -0.353 e. The van der Waals surface area contributed by atoms with Gasteiger partial charge in [-0.3, -0.25) is 4.99 Å². The first-order valence-electron chi connectivity index (χ1n) is 6.89. The average molecular weight is 261 g/mol. The molecule has 3 nitrogen and oxygen atoms in total. The fourth-order valence-electron chi connectivity index (χ4n) is 3.31. The zero-order valence-corrected chi connectivity index (χ0v) is 11.7. The molecule has 0 amide bonds. The highest BCUT2D eigenvalue weighted by Crippen LogP contribution is 2.40. The lowest BCUT2D eigenvalue weighted by atomic mass is 10.0. The van der Waals surface area contributed by atoms with E-state index < -0.39 is 0 Å². The smallest absolute Gasteiger partial charge is 0.194 e. The van der Waals surface area contributed by atoms with E-state index >= 15 is 0 Å². The Hall–Kier alpha value is -1.03. The summed E-state index contributed by atoms with van der Waals surface area (Å²) in [4.78, 5) is 8.79. The number of nitrogens with one attached hydrogen (secondary N) is 1. The predicted molar refractivity (Wildman–Crippen MR) is 75.0 cm³/mol. The Kier molecular flexibility index (Phi) is 2.25. The highest BCUT2D eigenvalue weighted by atomic mass is 32.1. The van der Waals surface area contributed by atoms with Gasteiger partial charge >= 0.3 is 0 Å². The summed E-state index contributed by atoms with van der Waals surface area (Å²) in [5, 5.41) is 5.88. The van der Waals surface area contributed by atoms with Crippen LogP contribution in [0, 0.1) is 11.8 Å². The van der Waals surface area contributed by atoms with Crippen LogP contribution in [0.4, 0.5) is 0 Å². The summed E-state index contributed by atoms with van der Waals surface area (Å²) in [5.41, 5.74) is 1.52. The lowest BCUT2D eigenvalue weighted by Crippen LogP contribution is -2.44. The molecule has 4 heteroatoms. The van der Waals surface area contributed by atoms with Crippen LogP contribution in [0.15, 0.2) is 16.4 Å². The number of hydrogen-bond acceptors (Lipinski definition) is 4. The molecule has 1 fully saturated rings. The molecule has 1 aromatic heterocycles. The first kappa shape index (κ1) is 10.9. The molecule has 1 aliphatic carbocycles. The summed E-state index contributed by atoms with van der Waals surface area (Å²) in [5.74, 6) is 2.75. The normalized spacial score (nSPS) is 37.0. The van der Waals surface area contributed by atoms with Crippen molar-refractivity contribution in [2.24, 2.45) is 16.8 Å². The molecule has 18 heavy (non-hydrogen) atoms. The van der Waals surface area contributed by atoms with Crippen molar-refractivity contribution in [3.8, 4) is 0 Å². The van der Waals surface area contributed by atoms with Gasteiger partial charge in [0.25, 0.3) is 0 Å². The van der Waals surface area contributed by atoms with Gasteiger partial charge in [0, 0.05) is 17.5 Å². The van der Waals surface area contributed by atoms with Gasteiger partial charge in [0.2, 0.25) is 0 Å². The Morgan fingerprint density at radius 2 is 2.22 bits per heavy atom. The SMILES string of the molecule is C[C@@H]1C(NC2=NCC3c4ccsc4CCN23)[C@@H]1C. The third-order valence-corrected chi connectivity index (χ3v) is 5.89. The van der Waals surface area contributed by atoms with Crippen molar-refractivity contribution in [3.05, 3.63) is 21.9 Å². The molecule has 0 bridgehead atoms. The van der Waals surface area contributed by atoms with E-state index in [9.17, 15) is 0 Å². The molecule has 0 saturated heterocycles. The Labute approximate surface area is 112 Å². The van der Waals surface area contributed by atoms with Crippen LogP contribution in [-0.4, -0.2) is 30.0 Å². The molecule has 2 aliphatic heterocycles. The second kappa shape index (κ2) is 3.73. The Morgan fingerprint density at radius 3 is 3.00 bits per heavy atom. The van der Waals surface area contributed by atoms with Crippen LogP contribution in [0.3, 0.4) is 0 Å². The van der Waals surface area contributed by atoms with E-state index in [4.69, 9.17) is 4.99 Å². The molecule has 3 heterocycles. The number of aliphatic imine (C=N–C) groups is 1. The number of fused-ring (bicyclic) bond motifs is 3. The standard InChI is InChI=1S/C14H19N3S/c1-8-9(2)13(8)16-14-15-7-11-10-4-6-18-12(10)3-5-17(11)14/h4,6,8-9,11,13H,3,5,7H2,1-2H3,(H,15,16)/t8-,9+,11?,13?. The van der Waals surface area contributed by atoms with Crippen molar-refractivity contribution in [1.82, 2.24) is 10.2 Å². The first-order valence-corrected chi connectivity index (χ1v) is 7.77. The number of nitrogens with zero attached hydrogens (tertiary/aromatic N) is 2. The molecule has 1 N–H and O–H groups in total. The Bertz CT molecular complexity index is 499. The van der Waals surface area contributed by atoms with Gasteiger partial charge in [-0.25, -0.2) is 0 Å². The summed E-state index contributed by atoms with van der Waals surface area (Å²) in [6.45, 7) is 6.70. The molecule has 1 saturated carbocycles. The monoisotopic (exact) mass is 261 g/mol. The molecule has 3 aliphatic rings. The van der Waals surface area contributed by atoms with E-state index in [1.165, 1.54) is 12.0 Å². The summed E-state index contributed by atoms with van der Waals surface area (Å²) in [6, 6.07) is 3.44. The highest BCUT2D eigenvalue weighted by molar-refractivity contribution is 7.10. The summed E-state index contributed by atoms with van der Waals surface area (Å²) in [7, 11) is 0. The molecule has 4 atom stereocenters. The van der Waals surface area contributed by atoms with Crippen LogP contribution in [-0.2, 0) is 6.42 Å². The van der Waals surface area contributed by atoms with Crippen LogP contribution < -0.4 is 5.32 Å². The van der Waals surface area contributed by atoms with Crippen molar-refractivity contribution < 1.29 is 0 Å². The minimum atomic E-state index is 0.506. The molecule has 1 aromatic rings. The second-order valence-corrected chi connectivity index (χ2v) is 6.81. The maximum atomic E-state index is 4.74. The van der Waals surface area contributed by atoms with Gasteiger partial charge in [-0.2, -0.15) is 0 Å². The van der Waals surface area contributed by atoms with Gasteiger partial charge in [0.1, 0.15) is 0 Å². The largest absolute Gasteiger partial charge is 0.353 e. The second-order valence-electron chi connectivity index (χ2n) is 5.81. The van der Waals surface area contributed by atoms with Crippen molar-refractivity contribution in [3.63, 3.8) is 0 Å². The fraction of sp³-hybridized carbons (Fsp3) is 0.643. The van der Waals surface area contributed by atoms with Gasteiger partial charge in [-0.05, 0) is 35.3 Å². The van der Waals surface area contributed by atoms with Crippen LogP contribution >= 0.6 is 11.3 Å². The predicted octanol–water partition coefficient (Wildman–Crippen LogP) is 2.26. The van der Waals surface area contributed by atoms with Crippen molar-refractivity contribution in [1.29, 1.82) is 0 Å². The Balaban J connectivity index is 1.53. The maximum absolute atomic E-state index is 4.74. The van der Waals surface area contributed by atoms with Crippen LogP contribution in [0.5, 0.6) is 0 Å². The van der Waals surface area contributed by atoms with E-state index in [1.807, 2.05) is 11.3 Å². The third kappa shape index (κ3) is 1.44. The van der Waals surface area contributed by atoms with Gasteiger partial charge in [-0.1, -0.05) is 13.8 Å². The van der Waals surface area contributed by atoms with E-state index in [1.54, 1.807) is 4.88 Å². The summed E-state index contributed by atoms with van der Waals surface area (Å²) < 4.78 is 0. The van der Waals surface area contributed by atoms with Crippen molar-refractivity contribution in [2.45, 2.75) is 32.4 Å². The zero-order valence-electron chi connectivity index (χ0n) is 10.9. The number of thiophene rings is 1. The van der Waals surface area contributed by atoms with Crippen LogP contribution in [0.25, 0.3) is 0 Å². The third-order valence-electron chi connectivity index (χ3n) is 4.90. The molecular formula is C14H19N3S. The van der Waals surface area contributed by atoms with E-state index in [0.717, 1.165) is 30.9 Å². The topological polar surface area (TPSA) is 27.6 Å². The lowest BCUT2D eigenvalue weighted by Gasteiger charge is -2.32. The van der Waals surface area contributed by atoms with Gasteiger partial charge < -0.3 is 10.2 Å². The van der Waals surface area contributed by atoms with Crippen LogP contribution in [0.1, 0.15) is 30.3 Å². The molecule has 0 aromatic carbocycles.